The second-order valence-corrected chi connectivity index (χ2v) is 7.50. The molecule has 0 saturated heterocycles. The minimum absolute atomic E-state index is 0.00896. The summed E-state index contributed by atoms with van der Waals surface area (Å²) in [5, 5.41) is 12.4. The van der Waals surface area contributed by atoms with Gasteiger partial charge < -0.3 is 10.1 Å². The van der Waals surface area contributed by atoms with Gasteiger partial charge in [-0.15, -0.1) is 0 Å². The zero-order chi connectivity index (χ0) is 23.9. The molecule has 2 heterocycles. The van der Waals surface area contributed by atoms with Crippen molar-refractivity contribution in [2.75, 3.05) is 0 Å². The average molecular weight is 450 g/mol. The summed E-state index contributed by atoms with van der Waals surface area (Å²) in [6.07, 6.45) is 3.68. The van der Waals surface area contributed by atoms with Gasteiger partial charge in [-0.25, -0.2) is 0 Å². The highest BCUT2D eigenvalue weighted by atomic mass is 16.5. The molecule has 4 rings (SSSR count). The number of nitrogens with one attached hydrogen (secondary N) is 1. The van der Waals surface area contributed by atoms with E-state index in [4.69, 9.17) is 4.74 Å². The molecule has 0 spiro atoms. The van der Waals surface area contributed by atoms with E-state index in [2.05, 4.69) is 17.2 Å². The number of nitrogens with zero attached hydrogens (tertiary/aromatic N) is 3. The molecule has 0 fully saturated rings. The third-order valence-electron chi connectivity index (χ3n) is 5.23. The normalized spacial score (nSPS) is 11.1. The van der Waals surface area contributed by atoms with Crippen LogP contribution in [0.1, 0.15) is 23.6 Å². The Morgan fingerprint density at radius 1 is 1.06 bits per heavy atom. The van der Waals surface area contributed by atoms with Crippen LogP contribution < -0.4 is 15.6 Å². The SMILES string of the molecule is CCc1ccc(Oc2nc3ccccn3c(=O)c2/C=C(\C#N)C(=O)NCc2ccccc2)cc1. The van der Waals surface area contributed by atoms with Crippen LogP contribution >= 0.6 is 0 Å². The largest absolute Gasteiger partial charge is 0.438 e. The van der Waals surface area contributed by atoms with Gasteiger partial charge in [0.2, 0.25) is 5.88 Å². The molecule has 0 bridgehead atoms. The van der Waals surface area contributed by atoms with Crippen LogP contribution in [0.25, 0.3) is 11.7 Å². The second-order valence-electron chi connectivity index (χ2n) is 7.50. The molecule has 0 aliphatic carbocycles. The van der Waals surface area contributed by atoms with E-state index in [1.54, 1.807) is 36.5 Å². The van der Waals surface area contributed by atoms with Crippen LogP contribution in [0.2, 0.25) is 0 Å². The zero-order valence-corrected chi connectivity index (χ0v) is 18.6. The van der Waals surface area contributed by atoms with E-state index in [9.17, 15) is 14.9 Å². The molecule has 0 unspecified atom stereocenters. The van der Waals surface area contributed by atoms with Crippen molar-refractivity contribution in [3.8, 4) is 17.7 Å². The molecule has 7 nitrogen and oxygen atoms in total. The van der Waals surface area contributed by atoms with Gasteiger partial charge in [0.1, 0.15) is 28.6 Å². The number of hydrogen-bond donors (Lipinski definition) is 1. The van der Waals surface area contributed by atoms with Crippen LogP contribution in [0.4, 0.5) is 0 Å². The van der Waals surface area contributed by atoms with Crippen LogP contribution in [0.3, 0.4) is 0 Å². The van der Waals surface area contributed by atoms with E-state index in [-0.39, 0.29) is 23.6 Å². The van der Waals surface area contributed by atoms with Gasteiger partial charge in [0.15, 0.2) is 0 Å². The van der Waals surface area contributed by atoms with Gasteiger partial charge in [0.05, 0.1) is 0 Å². The molecule has 34 heavy (non-hydrogen) atoms. The summed E-state index contributed by atoms with van der Waals surface area (Å²) in [6, 6.07) is 23.8. The number of fused-ring (bicyclic) bond motifs is 1. The first kappa shape index (κ1) is 22.5. The van der Waals surface area contributed by atoms with Crippen molar-refractivity contribution in [2.45, 2.75) is 19.9 Å². The van der Waals surface area contributed by atoms with Gasteiger partial charge in [-0.2, -0.15) is 10.2 Å². The number of ether oxygens (including phenoxy) is 1. The first-order chi connectivity index (χ1) is 16.6. The van der Waals surface area contributed by atoms with E-state index in [1.807, 2.05) is 48.5 Å². The minimum Gasteiger partial charge on any atom is -0.438 e. The lowest BCUT2D eigenvalue weighted by Gasteiger charge is -2.11. The third-order valence-corrected chi connectivity index (χ3v) is 5.23. The fraction of sp³-hybridized carbons (Fsp3) is 0.111. The molecule has 0 radical (unpaired) electrons. The standard InChI is InChI=1S/C27H22N4O3/c1-2-19-11-13-22(14-12-19)34-26-23(27(33)31-15-7-6-10-24(31)30-26)16-21(17-28)25(32)29-18-20-8-4-3-5-9-20/h3-16H,2,18H2,1H3,(H,29,32)/b21-16+. The fourth-order valence-corrected chi connectivity index (χ4v) is 3.35. The van der Waals surface area contributed by atoms with E-state index in [0.29, 0.717) is 11.4 Å². The van der Waals surface area contributed by atoms with Crippen molar-refractivity contribution >= 4 is 17.6 Å². The Morgan fingerprint density at radius 3 is 2.50 bits per heavy atom. The molecular weight excluding hydrogens is 428 g/mol. The zero-order valence-electron chi connectivity index (χ0n) is 18.6. The van der Waals surface area contributed by atoms with Crippen molar-refractivity contribution in [2.24, 2.45) is 0 Å². The Balaban J connectivity index is 1.72. The summed E-state index contributed by atoms with van der Waals surface area (Å²) in [6.45, 7) is 2.30. The predicted molar refractivity (Wildman–Crippen MR) is 129 cm³/mol. The molecule has 4 aromatic rings. The quantitative estimate of drug-likeness (QED) is 0.335. The Labute approximate surface area is 196 Å². The van der Waals surface area contributed by atoms with Crippen LogP contribution in [0, 0.1) is 11.3 Å². The summed E-state index contributed by atoms with van der Waals surface area (Å²) >= 11 is 0. The van der Waals surface area contributed by atoms with Crippen molar-refractivity contribution in [1.82, 2.24) is 14.7 Å². The third kappa shape index (κ3) is 5.03. The maximum absolute atomic E-state index is 13.3. The molecule has 1 amide bonds. The van der Waals surface area contributed by atoms with Crippen LogP contribution in [-0.4, -0.2) is 15.3 Å². The van der Waals surface area contributed by atoms with E-state index < -0.39 is 11.5 Å². The Kier molecular flexibility index (Phi) is 6.80. The number of amides is 1. The van der Waals surface area contributed by atoms with Gasteiger partial charge in [-0.1, -0.05) is 55.5 Å². The summed E-state index contributed by atoms with van der Waals surface area (Å²) in [5.74, 6) is -0.0858. The van der Waals surface area contributed by atoms with Gasteiger partial charge in [-0.3, -0.25) is 14.0 Å². The smallest absolute Gasteiger partial charge is 0.269 e. The Bertz CT molecular complexity index is 1450. The maximum atomic E-state index is 13.3. The molecule has 0 atom stereocenters. The molecular formula is C27H22N4O3. The van der Waals surface area contributed by atoms with Crippen LogP contribution in [0.5, 0.6) is 11.6 Å². The molecule has 168 valence electrons. The number of benzene rings is 2. The number of nitriles is 1. The number of hydrogen-bond acceptors (Lipinski definition) is 5. The molecule has 2 aromatic carbocycles. The summed E-state index contributed by atoms with van der Waals surface area (Å²) in [4.78, 5) is 30.4. The number of carbonyl (C=O) groups is 1. The molecule has 7 heteroatoms. The molecule has 0 aliphatic heterocycles. The van der Waals surface area contributed by atoms with Crippen molar-refractivity contribution in [3.05, 3.63) is 112 Å². The maximum Gasteiger partial charge on any atom is 0.269 e. The predicted octanol–water partition coefficient (Wildman–Crippen LogP) is 4.27. The second kappa shape index (κ2) is 10.3. The summed E-state index contributed by atoms with van der Waals surface area (Å²) in [5.41, 5.74) is 1.75. The number of aromatic nitrogens is 2. The van der Waals surface area contributed by atoms with Gasteiger partial charge >= 0.3 is 0 Å². The van der Waals surface area contributed by atoms with Gasteiger partial charge in [0, 0.05) is 12.7 Å². The topological polar surface area (TPSA) is 96.5 Å². The van der Waals surface area contributed by atoms with E-state index in [0.717, 1.165) is 17.5 Å². The highest BCUT2D eigenvalue weighted by molar-refractivity contribution is 6.01. The van der Waals surface area contributed by atoms with Crippen molar-refractivity contribution in [1.29, 1.82) is 5.26 Å². The Morgan fingerprint density at radius 2 is 1.79 bits per heavy atom. The van der Waals surface area contributed by atoms with Gasteiger partial charge in [0.25, 0.3) is 11.5 Å². The summed E-state index contributed by atoms with van der Waals surface area (Å²) < 4.78 is 7.29. The monoisotopic (exact) mass is 450 g/mol. The lowest BCUT2D eigenvalue weighted by Crippen LogP contribution is -2.25. The van der Waals surface area contributed by atoms with E-state index >= 15 is 0 Å². The highest BCUT2D eigenvalue weighted by Crippen LogP contribution is 2.24. The van der Waals surface area contributed by atoms with Crippen molar-refractivity contribution in [3.63, 3.8) is 0 Å². The van der Waals surface area contributed by atoms with E-state index in [1.165, 1.54) is 10.5 Å². The van der Waals surface area contributed by atoms with Gasteiger partial charge in [-0.05, 0) is 47.9 Å². The lowest BCUT2D eigenvalue weighted by molar-refractivity contribution is -0.117. The number of rotatable bonds is 7. The first-order valence-corrected chi connectivity index (χ1v) is 10.8. The summed E-state index contributed by atoms with van der Waals surface area (Å²) in [7, 11) is 0. The highest BCUT2D eigenvalue weighted by Gasteiger charge is 2.17. The Hall–Kier alpha value is -4.70. The first-order valence-electron chi connectivity index (χ1n) is 10.8. The number of carbonyl (C=O) groups excluding carboxylic acids is 1. The molecule has 1 N–H and O–H groups in total. The molecule has 2 aromatic heterocycles. The van der Waals surface area contributed by atoms with Crippen LogP contribution in [-0.2, 0) is 17.8 Å². The molecule has 0 aliphatic rings. The minimum atomic E-state index is -0.595. The van der Waals surface area contributed by atoms with Crippen molar-refractivity contribution < 1.29 is 9.53 Å². The number of pyridine rings is 1. The number of aryl methyl sites for hydroxylation is 1. The molecule has 0 saturated carbocycles. The lowest BCUT2D eigenvalue weighted by atomic mass is 10.1. The fourth-order valence-electron chi connectivity index (χ4n) is 3.35. The average Bonchev–Trinajstić information content (AvgIpc) is 2.88. The van der Waals surface area contributed by atoms with Crippen LogP contribution in [0.15, 0.2) is 89.4 Å².